The molecule has 0 aromatic carbocycles. The highest BCUT2D eigenvalue weighted by Crippen LogP contribution is 2.20. The van der Waals surface area contributed by atoms with Crippen LogP contribution in [0.3, 0.4) is 0 Å². The van der Waals surface area contributed by atoms with Crippen LogP contribution < -0.4 is 5.56 Å². The van der Waals surface area contributed by atoms with Crippen molar-refractivity contribution in [3.05, 3.63) is 72.0 Å². The summed E-state index contributed by atoms with van der Waals surface area (Å²) in [6.45, 7) is 7.39. The Balaban J connectivity index is 2.56. The Labute approximate surface area is 122 Å². The van der Waals surface area contributed by atoms with E-state index in [0.29, 0.717) is 17.1 Å². The van der Waals surface area contributed by atoms with Crippen LogP contribution in [0, 0.1) is 0 Å². The molecule has 0 aliphatic carbocycles. The fraction of sp³-hybridized carbons (Fsp3) is 0.0625. The number of aromatic nitrogens is 3. The molecule has 21 heavy (non-hydrogen) atoms. The van der Waals surface area contributed by atoms with Crippen molar-refractivity contribution in [1.29, 1.82) is 0 Å². The average Bonchev–Trinajstić information content (AvgIpc) is 2.50. The van der Waals surface area contributed by atoms with Crippen LogP contribution in [-0.4, -0.2) is 19.6 Å². The smallest absolute Gasteiger partial charge is 0.292 e. The summed E-state index contributed by atoms with van der Waals surface area (Å²) in [7, 11) is 1.56. The number of pyridine rings is 1. The van der Waals surface area contributed by atoms with E-state index >= 15 is 0 Å². The highest BCUT2D eigenvalue weighted by molar-refractivity contribution is 5.73. The lowest BCUT2D eigenvalue weighted by Gasteiger charge is -2.06. The van der Waals surface area contributed by atoms with Gasteiger partial charge >= 0.3 is 0 Å². The molecule has 2 aromatic rings. The third-order valence-corrected chi connectivity index (χ3v) is 2.89. The van der Waals surface area contributed by atoms with Crippen molar-refractivity contribution in [2.24, 2.45) is 7.05 Å². The van der Waals surface area contributed by atoms with Crippen LogP contribution in [0.1, 0.15) is 5.69 Å². The van der Waals surface area contributed by atoms with Gasteiger partial charge in [-0.25, -0.2) is 9.97 Å². The Kier molecular flexibility index (Phi) is 4.13. The lowest BCUT2D eigenvalue weighted by atomic mass is 10.1. The van der Waals surface area contributed by atoms with Gasteiger partial charge in [-0.05, 0) is 17.7 Å². The zero-order valence-electron chi connectivity index (χ0n) is 11.7. The lowest BCUT2D eigenvalue weighted by Crippen LogP contribution is -2.15. The molecule has 0 saturated carbocycles. The maximum absolute atomic E-state index is 11.5. The predicted octanol–water partition coefficient (Wildman–Crippen LogP) is 2.30. The Morgan fingerprint density at radius 1 is 1.43 bits per heavy atom. The molecule has 2 heterocycles. The number of aromatic hydroxyl groups is 1. The summed E-state index contributed by atoms with van der Waals surface area (Å²) >= 11 is 0. The second-order valence-electron chi connectivity index (χ2n) is 4.36. The van der Waals surface area contributed by atoms with E-state index in [2.05, 4.69) is 23.1 Å². The van der Waals surface area contributed by atoms with Crippen LogP contribution in [-0.2, 0) is 7.05 Å². The number of allylic oxidation sites excluding steroid dienone is 4. The van der Waals surface area contributed by atoms with Gasteiger partial charge in [0.25, 0.3) is 5.56 Å². The fourth-order valence-electron chi connectivity index (χ4n) is 1.86. The number of hydrogen-bond donors (Lipinski definition) is 1. The highest BCUT2D eigenvalue weighted by atomic mass is 16.3. The number of aryl methyl sites for hydroxylation is 1. The summed E-state index contributed by atoms with van der Waals surface area (Å²) < 4.78 is 1.29. The molecule has 0 saturated heterocycles. The first kappa shape index (κ1) is 14.5. The number of nitrogens with zero attached hydrogens (tertiary/aromatic N) is 3. The topological polar surface area (TPSA) is 68.0 Å². The summed E-state index contributed by atoms with van der Waals surface area (Å²) in [6.07, 6.45) is 8.30. The zero-order chi connectivity index (χ0) is 15.4. The quantitative estimate of drug-likeness (QED) is 0.873. The lowest BCUT2D eigenvalue weighted by molar-refractivity contribution is 0.461. The van der Waals surface area contributed by atoms with E-state index in [0.717, 1.165) is 5.57 Å². The van der Waals surface area contributed by atoms with E-state index in [9.17, 15) is 9.90 Å². The molecule has 106 valence electrons. The van der Waals surface area contributed by atoms with Gasteiger partial charge in [0, 0.05) is 25.0 Å². The SMILES string of the molecule is C=C/C=C(\C=C)c1ccnc(-c2cc(O)c(=O)n(C)c2)n1. The number of hydrogen-bond acceptors (Lipinski definition) is 4. The van der Waals surface area contributed by atoms with Gasteiger partial charge in [0.15, 0.2) is 11.6 Å². The molecule has 0 aliphatic heterocycles. The largest absolute Gasteiger partial charge is 0.503 e. The van der Waals surface area contributed by atoms with Gasteiger partial charge in [-0.1, -0.05) is 31.4 Å². The second kappa shape index (κ2) is 6.00. The van der Waals surface area contributed by atoms with Crippen molar-refractivity contribution in [3.63, 3.8) is 0 Å². The van der Waals surface area contributed by atoms with E-state index in [-0.39, 0.29) is 5.75 Å². The molecular formula is C16H15N3O2. The van der Waals surface area contributed by atoms with Gasteiger partial charge in [-0.3, -0.25) is 4.79 Å². The molecule has 0 bridgehead atoms. The van der Waals surface area contributed by atoms with Crippen molar-refractivity contribution in [2.45, 2.75) is 0 Å². The molecule has 0 amide bonds. The summed E-state index contributed by atoms with van der Waals surface area (Å²) in [6, 6.07) is 3.11. The van der Waals surface area contributed by atoms with Crippen molar-refractivity contribution < 1.29 is 5.11 Å². The molecule has 5 heteroatoms. The molecule has 2 aromatic heterocycles. The van der Waals surface area contributed by atoms with Crippen LogP contribution in [0.15, 0.2) is 60.7 Å². The van der Waals surface area contributed by atoms with Crippen LogP contribution >= 0.6 is 0 Å². The molecule has 0 unspecified atom stereocenters. The Hall–Kier alpha value is -2.95. The van der Waals surface area contributed by atoms with Gasteiger partial charge in [0.05, 0.1) is 5.69 Å². The van der Waals surface area contributed by atoms with Crippen LogP contribution in [0.5, 0.6) is 5.75 Å². The summed E-state index contributed by atoms with van der Waals surface area (Å²) in [5, 5.41) is 9.62. The standard InChI is InChI=1S/C16H15N3O2/c1-4-6-11(5-2)13-7-8-17-15(18-13)12-9-14(20)16(21)19(3)10-12/h4-10,20H,1-2H2,3H3/b11-6+. The third kappa shape index (κ3) is 2.97. The first-order valence-corrected chi connectivity index (χ1v) is 6.25. The third-order valence-electron chi connectivity index (χ3n) is 2.89. The molecule has 0 spiro atoms. The first-order valence-electron chi connectivity index (χ1n) is 6.25. The van der Waals surface area contributed by atoms with Crippen LogP contribution in [0.25, 0.3) is 17.0 Å². The van der Waals surface area contributed by atoms with E-state index in [1.165, 1.54) is 10.6 Å². The molecule has 0 aliphatic rings. The fourth-order valence-corrected chi connectivity index (χ4v) is 1.86. The predicted molar refractivity (Wildman–Crippen MR) is 82.7 cm³/mol. The van der Waals surface area contributed by atoms with Crippen molar-refractivity contribution in [3.8, 4) is 17.1 Å². The molecule has 0 fully saturated rings. The monoisotopic (exact) mass is 281 g/mol. The average molecular weight is 281 g/mol. The van der Waals surface area contributed by atoms with E-state index in [1.54, 1.807) is 43.7 Å². The summed E-state index contributed by atoms with van der Waals surface area (Å²) in [5.41, 5.74) is 1.58. The van der Waals surface area contributed by atoms with Crippen molar-refractivity contribution in [1.82, 2.24) is 14.5 Å². The summed E-state index contributed by atoms with van der Waals surface area (Å²) in [5.74, 6) is 0.0739. The maximum atomic E-state index is 11.5. The van der Waals surface area contributed by atoms with Gasteiger partial charge < -0.3 is 9.67 Å². The van der Waals surface area contributed by atoms with Crippen molar-refractivity contribution in [2.75, 3.05) is 0 Å². The van der Waals surface area contributed by atoms with E-state index in [4.69, 9.17) is 0 Å². The number of rotatable bonds is 4. The Morgan fingerprint density at radius 2 is 2.19 bits per heavy atom. The van der Waals surface area contributed by atoms with Crippen LogP contribution in [0.4, 0.5) is 0 Å². The molecule has 1 N–H and O–H groups in total. The molecule has 5 nitrogen and oxygen atoms in total. The minimum atomic E-state index is -0.465. The van der Waals surface area contributed by atoms with E-state index < -0.39 is 5.56 Å². The minimum Gasteiger partial charge on any atom is -0.503 e. The molecule has 2 rings (SSSR count). The second-order valence-corrected chi connectivity index (χ2v) is 4.36. The van der Waals surface area contributed by atoms with Crippen molar-refractivity contribution >= 4 is 5.57 Å². The minimum absolute atomic E-state index is 0.338. The van der Waals surface area contributed by atoms with Gasteiger partial charge in [0.2, 0.25) is 0 Å². The first-order chi connectivity index (χ1) is 10.1. The Bertz CT molecular complexity index is 762. The van der Waals surface area contributed by atoms with Gasteiger partial charge in [-0.15, -0.1) is 0 Å². The van der Waals surface area contributed by atoms with Crippen LogP contribution in [0.2, 0.25) is 0 Å². The Morgan fingerprint density at radius 3 is 2.81 bits per heavy atom. The molecule has 0 atom stereocenters. The van der Waals surface area contributed by atoms with Gasteiger partial charge in [0.1, 0.15) is 0 Å². The van der Waals surface area contributed by atoms with Gasteiger partial charge in [-0.2, -0.15) is 0 Å². The maximum Gasteiger partial charge on any atom is 0.292 e. The summed E-state index contributed by atoms with van der Waals surface area (Å²) in [4.78, 5) is 20.1. The molecule has 0 radical (unpaired) electrons. The van der Waals surface area contributed by atoms with E-state index in [1.807, 2.05) is 0 Å². The highest BCUT2D eigenvalue weighted by Gasteiger charge is 2.09. The zero-order valence-corrected chi connectivity index (χ0v) is 11.7. The normalized spacial score (nSPS) is 11.2. The molecular weight excluding hydrogens is 266 g/mol.